The highest BCUT2D eigenvalue weighted by molar-refractivity contribution is 9.10. The number of carbonyl (C=O) groups excluding carboxylic acids is 1. The Hall–Kier alpha value is -1.63. The summed E-state index contributed by atoms with van der Waals surface area (Å²) in [6, 6.07) is 3.24. The first-order valence-corrected chi connectivity index (χ1v) is 5.00. The average molecular weight is 291 g/mol. The van der Waals surface area contributed by atoms with Crippen molar-refractivity contribution in [3.63, 3.8) is 0 Å². The molecule has 0 unspecified atom stereocenters. The molecule has 0 saturated heterocycles. The van der Waals surface area contributed by atoms with E-state index in [1.807, 2.05) is 0 Å². The Kier molecular flexibility index (Phi) is 4.24. The third-order valence-corrected chi connectivity index (χ3v) is 2.19. The van der Waals surface area contributed by atoms with Gasteiger partial charge in [0.05, 0.1) is 4.47 Å². The smallest absolute Gasteiger partial charge is 0.323 e. The molecule has 3 N–H and O–H groups in total. The van der Waals surface area contributed by atoms with Gasteiger partial charge in [0.1, 0.15) is 12.4 Å². The molecule has 5 nitrogen and oxygen atoms in total. The Morgan fingerprint density at radius 2 is 2.12 bits per heavy atom. The molecule has 1 rings (SSSR count). The number of urea groups is 1. The molecule has 0 atom stereocenters. The predicted molar refractivity (Wildman–Crippen MR) is 58.8 cm³/mol. The lowest BCUT2D eigenvalue weighted by Crippen LogP contribution is -2.33. The first kappa shape index (κ1) is 12.4. The summed E-state index contributed by atoms with van der Waals surface area (Å²) in [5, 5.41) is 12.8. The van der Waals surface area contributed by atoms with Crippen molar-refractivity contribution in [1.29, 1.82) is 0 Å². The molecule has 0 bridgehead atoms. The maximum Gasteiger partial charge on any atom is 0.323 e. The molecule has 1 aromatic carbocycles. The van der Waals surface area contributed by atoms with Gasteiger partial charge in [0.15, 0.2) is 0 Å². The average Bonchev–Trinajstić information content (AvgIpc) is 2.21. The highest BCUT2D eigenvalue weighted by Crippen LogP contribution is 2.19. The second-order valence-electron chi connectivity index (χ2n) is 2.83. The highest BCUT2D eigenvalue weighted by atomic mass is 79.9. The monoisotopic (exact) mass is 290 g/mol. The molecule has 7 heteroatoms. The first-order chi connectivity index (χ1) is 7.49. The second-order valence-corrected chi connectivity index (χ2v) is 3.68. The normalized spacial score (nSPS) is 9.62. The highest BCUT2D eigenvalue weighted by Gasteiger charge is 2.05. The molecule has 0 saturated carbocycles. The minimum absolute atomic E-state index is 0.212. The van der Waals surface area contributed by atoms with Gasteiger partial charge in [-0.15, -0.1) is 0 Å². The van der Waals surface area contributed by atoms with E-state index in [0.717, 1.165) is 0 Å². The van der Waals surface area contributed by atoms with E-state index in [1.165, 1.54) is 18.2 Å². The molecule has 86 valence electrons. The fraction of sp³-hybridized carbons (Fsp3) is 0.111. The van der Waals surface area contributed by atoms with Crippen molar-refractivity contribution in [2.45, 2.75) is 0 Å². The standard InChI is InChI=1S/C9H8BrFN2O3/c10-6-3-5(1-2-7(6)11)13-9(16)12-4-8(14)15/h1-3H,4H2,(H,14,15)(H2,12,13,16). The van der Waals surface area contributed by atoms with E-state index in [0.29, 0.717) is 5.69 Å². The number of rotatable bonds is 3. The van der Waals surface area contributed by atoms with Gasteiger partial charge in [-0.3, -0.25) is 4.79 Å². The zero-order valence-electron chi connectivity index (χ0n) is 7.96. The Morgan fingerprint density at radius 1 is 1.44 bits per heavy atom. The van der Waals surface area contributed by atoms with Crippen LogP contribution in [0.1, 0.15) is 0 Å². The Balaban J connectivity index is 2.56. The fourth-order valence-electron chi connectivity index (χ4n) is 0.905. The van der Waals surface area contributed by atoms with Crippen LogP contribution in [-0.4, -0.2) is 23.7 Å². The number of amides is 2. The van der Waals surface area contributed by atoms with E-state index in [2.05, 4.69) is 26.6 Å². The molecule has 0 aliphatic carbocycles. The van der Waals surface area contributed by atoms with Gasteiger partial charge in [-0.05, 0) is 34.1 Å². The molecule has 2 amide bonds. The lowest BCUT2D eigenvalue weighted by atomic mass is 10.3. The zero-order chi connectivity index (χ0) is 12.1. The molecule has 0 aliphatic rings. The molecule has 0 aromatic heterocycles. The summed E-state index contributed by atoms with van der Waals surface area (Å²) in [4.78, 5) is 21.3. The number of carbonyl (C=O) groups is 2. The lowest BCUT2D eigenvalue weighted by molar-refractivity contribution is -0.135. The van der Waals surface area contributed by atoms with E-state index in [4.69, 9.17) is 5.11 Å². The molecular formula is C9H8BrFN2O3. The number of hydrogen-bond donors (Lipinski definition) is 3. The number of anilines is 1. The predicted octanol–water partition coefficient (Wildman–Crippen LogP) is 1.79. The van der Waals surface area contributed by atoms with Crippen molar-refractivity contribution >= 4 is 33.6 Å². The fourth-order valence-corrected chi connectivity index (χ4v) is 1.28. The Labute approximate surface area is 98.8 Å². The number of benzene rings is 1. The van der Waals surface area contributed by atoms with Crippen LogP contribution in [0.3, 0.4) is 0 Å². The van der Waals surface area contributed by atoms with Crippen LogP contribution in [-0.2, 0) is 4.79 Å². The maximum atomic E-state index is 12.8. The van der Waals surface area contributed by atoms with Crippen LogP contribution in [0.2, 0.25) is 0 Å². The molecule has 1 aromatic rings. The van der Waals surface area contributed by atoms with Crippen molar-refractivity contribution in [2.24, 2.45) is 0 Å². The molecule has 16 heavy (non-hydrogen) atoms. The van der Waals surface area contributed by atoms with E-state index < -0.39 is 24.4 Å². The Bertz CT molecular complexity index is 425. The van der Waals surface area contributed by atoms with Crippen LogP contribution in [0, 0.1) is 5.82 Å². The molecule has 0 radical (unpaired) electrons. The third-order valence-electron chi connectivity index (χ3n) is 1.58. The van der Waals surface area contributed by atoms with E-state index in [1.54, 1.807) is 0 Å². The number of halogens is 2. The maximum absolute atomic E-state index is 12.8. The minimum atomic E-state index is -1.14. The SMILES string of the molecule is O=C(O)CNC(=O)Nc1ccc(F)c(Br)c1. The van der Waals surface area contributed by atoms with Crippen molar-refractivity contribution in [2.75, 3.05) is 11.9 Å². The van der Waals surface area contributed by atoms with Gasteiger partial charge in [-0.1, -0.05) is 0 Å². The lowest BCUT2D eigenvalue weighted by Gasteiger charge is -2.06. The van der Waals surface area contributed by atoms with Gasteiger partial charge in [0.2, 0.25) is 0 Å². The minimum Gasteiger partial charge on any atom is -0.480 e. The van der Waals surface area contributed by atoms with Crippen LogP contribution in [0.15, 0.2) is 22.7 Å². The summed E-state index contributed by atoms with van der Waals surface area (Å²) in [5.41, 5.74) is 0.358. The van der Waals surface area contributed by atoms with Crippen molar-refractivity contribution in [3.8, 4) is 0 Å². The van der Waals surface area contributed by atoms with Gasteiger partial charge in [-0.25, -0.2) is 9.18 Å². The van der Waals surface area contributed by atoms with Gasteiger partial charge in [0, 0.05) is 5.69 Å². The van der Waals surface area contributed by atoms with Crippen molar-refractivity contribution in [1.82, 2.24) is 5.32 Å². The van der Waals surface area contributed by atoms with Gasteiger partial charge >= 0.3 is 12.0 Å². The van der Waals surface area contributed by atoms with Gasteiger partial charge in [-0.2, -0.15) is 0 Å². The summed E-state index contributed by atoms with van der Waals surface area (Å²) in [6.45, 7) is -0.478. The van der Waals surface area contributed by atoms with Gasteiger partial charge in [0.25, 0.3) is 0 Å². The quantitative estimate of drug-likeness (QED) is 0.794. The van der Waals surface area contributed by atoms with Crippen LogP contribution >= 0.6 is 15.9 Å². The number of aliphatic carboxylic acids is 1. The molecule has 0 fully saturated rings. The summed E-state index contributed by atoms with van der Waals surface area (Å²) < 4.78 is 13.0. The summed E-state index contributed by atoms with van der Waals surface area (Å²) in [7, 11) is 0. The molecule has 0 aliphatic heterocycles. The van der Waals surface area contributed by atoms with E-state index in [-0.39, 0.29) is 4.47 Å². The van der Waals surface area contributed by atoms with Crippen molar-refractivity contribution in [3.05, 3.63) is 28.5 Å². The van der Waals surface area contributed by atoms with Crippen LogP contribution < -0.4 is 10.6 Å². The summed E-state index contributed by atoms with van der Waals surface area (Å²) in [5.74, 6) is -1.59. The van der Waals surface area contributed by atoms with Crippen molar-refractivity contribution < 1.29 is 19.1 Å². The Morgan fingerprint density at radius 3 is 2.69 bits per heavy atom. The summed E-state index contributed by atoms with van der Waals surface area (Å²) >= 11 is 2.96. The number of hydrogen-bond acceptors (Lipinski definition) is 2. The number of carboxylic acid groups (broad SMARTS) is 1. The van der Waals surface area contributed by atoms with Crippen LogP contribution in [0.4, 0.5) is 14.9 Å². The molecule has 0 heterocycles. The topological polar surface area (TPSA) is 78.4 Å². The third kappa shape index (κ3) is 3.85. The van der Waals surface area contributed by atoms with Crippen LogP contribution in [0.25, 0.3) is 0 Å². The number of carboxylic acids is 1. The molecule has 0 spiro atoms. The number of nitrogens with one attached hydrogen (secondary N) is 2. The van der Waals surface area contributed by atoms with Gasteiger partial charge < -0.3 is 15.7 Å². The largest absolute Gasteiger partial charge is 0.480 e. The molecular weight excluding hydrogens is 283 g/mol. The zero-order valence-corrected chi connectivity index (χ0v) is 9.54. The first-order valence-electron chi connectivity index (χ1n) is 4.20. The van der Waals surface area contributed by atoms with Crippen LogP contribution in [0.5, 0.6) is 0 Å². The van der Waals surface area contributed by atoms with E-state index in [9.17, 15) is 14.0 Å². The summed E-state index contributed by atoms with van der Waals surface area (Å²) in [6.07, 6.45) is 0. The second kappa shape index (κ2) is 5.45. The van der Waals surface area contributed by atoms with E-state index >= 15 is 0 Å².